The third-order valence-corrected chi connectivity index (χ3v) is 5.25. The van der Waals surface area contributed by atoms with E-state index in [2.05, 4.69) is 17.6 Å². The first-order valence-electron chi connectivity index (χ1n) is 11.1. The molecule has 0 atom stereocenters. The van der Waals surface area contributed by atoms with Gasteiger partial charge < -0.3 is 20.3 Å². The van der Waals surface area contributed by atoms with Crippen LogP contribution in [0, 0.1) is 6.92 Å². The van der Waals surface area contributed by atoms with Gasteiger partial charge in [0, 0.05) is 42.3 Å². The fourth-order valence-electron chi connectivity index (χ4n) is 3.19. The number of rotatable bonds is 9. The summed E-state index contributed by atoms with van der Waals surface area (Å²) in [6.45, 7) is 4.66. The number of nitrogens with zero attached hydrogens (tertiary/aromatic N) is 1. The number of nitrogens with one attached hydrogen (secondary N) is 2. The molecule has 3 rings (SSSR count). The second kappa shape index (κ2) is 11.2. The number of aryl methyl sites for hydroxylation is 1. The zero-order chi connectivity index (χ0) is 23.8. The van der Waals surface area contributed by atoms with Crippen molar-refractivity contribution in [2.45, 2.75) is 26.7 Å². The van der Waals surface area contributed by atoms with E-state index < -0.39 is 0 Å². The lowest BCUT2D eigenvalue weighted by Crippen LogP contribution is -2.16. The topological polar surface area (TPSA) is 70.7 Å². The molecule has 0 aliphatic carbocycles. The number of hydrogen-bond donors (Lipinski definition) is 2. The van der Waals surface area contributed by atoms with Crippen LogP contribution in [0.5, 0.6) is 5.75 Å². The molecule has 2 amide bonds. The van der Waals surface area contributed by atoms with E-state index in [1.807, 2.05) is 56.3 Å². The van der Waals surface area contributed by atoms with Crippen LogP contribution < -0.4 is 20.3 Å². The van der Waals surface area contributed by atoms with Crippen molar-refractivity contribution in [1.82, 2.24) is 0 Å². The molecule has 2 N–H and O–H groups in total. The van der Waals surface area contributed by atoms with E-state index in [0.29, 0.717) is 29.1 Å². The van der Waals surface area contributed by atoms with Crippen molar-refractivity contribution in [3.05, 3.63) is 83.4 Å². The molecular weight excluding hydrogens is 414 g/mol. The number of carbonyl (C=O) groups is 2. The van der Waals surface area contributed by atoms with Gasteiger partial charge in [-0.15, -0.1) is 0 Å². The van der Waals surface area contributed by atoms with Gasteiger partial charge >= 0.3 is 0 Å². The first-order chi connectivity index (χ1) is 15.9. The number of anilines is 3. The van der Waals surface area contributed by atoms with Gasteiger partial charge in [-0.1, -0.05) is 25.5 Å². The molecule has 0 aliphatic rings. The Balaban J connectivity index is 1.69. The van der Waals surface area contributed by atoms with Crippen LogP contribution in [0.25, 0.3) is 0 Å². The van der Waals surface area contributed by atoms with Crippen LogP contribution in [0.1, 0.15) is 46.0 Å². The van der Waals surface area contributed by atoms with Crippen molar-refractivity contribution in [1.29, 1.82) is 0 Å². The zero-order valence-corrected chi connectivity index (χ0v) is 19.6. The van der Waals surface area contributed by atoms with E-state index in [-0.39, 0.29) is 11.8 Å². The van der Waals surface area contributed by atoms with Crippen LogP contribution in [0.2, 0.25) is 0 Å². The highest BCUT2D eigenvalue weighted by molar-refractivity contribution is 6.08. The summed E-state index contributed by atoms with van der Waals surface area (Å²) in [6.07, 6.45) is 2.06. The van der Waals surface area contributed by atoms with Crippen molar-refractivity contribution in [2.75, 3.05) is 36.2 Å². The molecule has 0 radical (unpaired) electrons. The molecule has 0 aromatic heterocycles. The molecule has 6 heteroatoms. The van der Waals surface area contributed by atoms with Crippen LogP contribution in [0.3, 0.4) is 0 Å². The fraction of sp³-hybridized carbons (Fsp3) is 0.259. The standard InChI is InChI=1S/C27H31N3O3/c1-5-6-16-33-24-14-12-20(13-15-24)26(31)29-25-17-21(11-10-19(25)2)27(32)28-22-8-7-9-23(18-22)30(3)4/h7-15,17-18H,5-6,16H2,1-4H3,(H,28,32)(H,29,31). The summed E-state index contributed by atoms with van der Waals surface area (Å²) in [5, 5.41) is 5.84. The average molecular weight is 446 g/mol. The molecule has 0 saturated carbocycles. The smallest absolute Gasteiger partial charge is 0.255 e. The van der Waals surface area contributed by atoms with Crippen LogP contribution >= 0.6 is 0 Å². The second-order valence-corrected chi connectivity index (χ2v) is 8.11. The van der Waals surface area contributed by atoms with Crippen molar-refractivity contribution in [3.8, 4) is 5.75 Å². The molecule has 3 aromatic rings. The van der Waals surface area contributed by atoms with Crippen LogP contribution in [-0.2, 0) is 0 Å². The monoisotopic (exact) mass is 445 g/mol. The Labute approximate surface area is 195 Å². The summed E-state index contributed by atoms with van der Waals surface area (Å²) in [5.41, 5.74) is 4.15. The molecule has 0 spiro atoms. The lowest BCUT2D eigenvalue weighted by molar-refractivity contribution is 0.101. The third-order valence-electron chi connectivity index (χ3n) is 5.25. The summed E-state index contributed by atoms with van der Waals surface area (Å²) in [7, 11) is 3.89. The Morgan fingerprint density at radius 2 is 1.58 bits per heavy atom. The molecule has 0 unspecified atom stereocenters. The number of benzene rings is 3. The number of carbonyl (C=O) groups excluding carboxylic acids is 2. The second-order valence-electron chi connectivity index (χ2n) is 8.11. The van der Waals surface area contributed by atoms with Crippen molar-refractivity contribution in [3.63, 3.8) is 0 Å². The minimum absolute atomic E-state index is 0.241. The summed E-state index contributed by atoms with van der Waals surface area (Å²) in [6, 6.07) is 19.9. The molecule has 172 valence electrons. The van der Waals surface area contributed by atoms with Gasteiger partial charge in [-0.3, -0.25) is 9.59 Å². The number of ether oxygens (including phenoxy) is 1. The van der Waals surface area contributed by atoms with E-state index in [1.165, 1.54) is 0 Å². The van der Waals surface area contributed by atoms with Gasteiger partial charge in [0.1, 0.15) is 5.75 Å². The lowest BCUT2D eigenvalue weighted by atomic mass is 10.1. The Bertz CT molecular complexity index is 1110. The van der Waals surface area contributed by atoms with Crippen molar-refractivity contribution in [2.24, 2.45) is 0 Å². The van der Waals surface area contributed by atoms with E-state index in [9.17, 15) is 9.59 Å². The van der Waals surface area contributed by atoms with Crippen LogP contribution in [-0.4, -0.2) is 32.5 Å². The number of unbranched alkanes of at least 4 members (excludes halogenated alkanes) is 1. The van der Waals surface area contributed by atoms with Crippen LogP contribution in [0.4, 0.5) is 17.1 Å². The van der Waals surface area contributed by atoms with Crippen molar-refractivity contribution < 1.29 is 14.3 Å². The predicted octanol–water partition coefficient (Wildman–Crippen LogP) is 5.74. The van der Waals surface area contributed by atoms with E-state index >= 15 is 0 Å². The molecule has 0 saturated heterocycles. The highest BCUT2D eigenvalue weighted by Gasteiger charge is 2.12. The lowest BCUT2D eigenvalue weighted by Gasteiger charge is -2.14. The summed E-state index contributed by atoms with van der Waals surface area (Å²) in [4.78, 5) is 27.5. The Kier molecular flexibility index (Phi) is 8.08. The highest BCUT2D eigenvalue weighted by atomic mass is 16.5. The Morgan fingerprint density at radius 1 is 0.879 bits per heavy atom. The number of amides is 2. The van der Waals surface area contributed by atoms with E-state index in [0.717, 1.165) is 29.8 Å². The first kappa shape index (κ1) is 23.9. The molecule has 3 aromatic carbocycles. The summed E-state index contributed by atoms with van der Waals surface area (Å²) < 4.78 is 5.65. The zero-order valence-electron chi connectivity index (χ0n) is 19.6. The molecule has 0 bridgehead atoms. The van der Waals surface area contributed by atoms with Gasteiger partial charge in [-0.05, 0) is 73.5 Å². The normalized spacial score (nSPS) is 10.4. The Hall–Kier alpha value is -3.80. The molecule has 0 fully saturated rings. The summed E-state index contributed by atoms with van der Waals surface area (Å²) >= 11 is 0. The third kappa shape index (κ3) is 6.59. The minimum atomic E-state index is -0.241. The van der Waals surface area contributed by atoms with E-state index in [1.54, 1.807) is 36.4 Å². The molecule has 33 heavy (non-hydrogen) atoms. The van der Waals surface area contributed by atoms with Crippen LogP contribution in [0.15, 0.2) is 66.7 Å². The SMILES string of the molecule is CCCCOc1ccc(C(=O)Nc2cc(C(=O)Nc3cccc(N(C)C)c3)ccc2C)cc1. The maximum Gasteiger partial charge on any atom is 0.255 e. The maximum absolute atomic E-state index is 12.8. The number of hydrogen-bond acceptors (Lipinski definition) is 4. The molecule has 0 aliphatic heterocycles. The largest absolute Gasteiger partial charge is 0.494 e. The minimum Gasteiger partial charge on any atom is -0.494 e. The highest BCUT2D eigenvalue weighted by Crippen LogP contribution is 2.22. The maximum atomic E-state index is 12.8. The van der Waals surface area contributed by atoms with Crippen molar-refractivity contribution >= 4 is 28.9 Å². The molecule has 6 nitrogen and oxygen atoms in total. The van der Waals surface area contributed by atoms with Gasteiger partial charge in [0.2, 0.25) is 0 Å². The predicted molar refractivity (Wildman–Crippen MR) is 135 cm³/mol. The van der Waals surface area contributed by atoms with Gasteiger partial charge in [-0.25, -0.2) is 0 Å². The summed E-state index contributed by atoms with van der Waals surface area (Å²) in [5.74, 6) is 0.262. The quantitative estimate of drug-likeness (QED) is 0.412. The Morgan fingerprint density at radius 3 is 2.27 bits per heavy atom. The van der Waals surface area contributed by atoms with E-state index in [4.69, 9.17) is 4.74 Å². The van der Waals surface area contributed by atoms with Gasteiger partial charge in [0.15, 0.2) is 0 Å². The van der Waals surface area contributed by atoms with Gasteiger partial charge in [0.05, 0.1) is 6.61 Å². The molecule has 0 heterocycles. The first-order valence-corrected chi connectivity index (χ1v) is 11.1. The average Bonchev–Trinajstić information content (AvgIpc) is 2.81. The fourth-order valence-corrected chi connectivity index (χ4v) is 3.19. The van der Waals surface area contributed by atoms with Gasteiger partial charge in [0.25, 0.3) is 11.8 Å². The van der Waals surface area contributed by atoms with Gasteiger partial charge in [-0.2, -0.15) is 0 Å². The molecular formula is C27H31N3O3.